The lowest BCUT2D eigenvalue weighted by atomic mass is 9.94. The summed E-state index contributed by atoms with van der Waals surface area (Å²) in [5.74, 6) is 0. The molecule has 4 aromatic carbocycles. The molecule has 0 saturated heterocycles. The van der Waals surface area contributed by atoms with Gasteiger partial charge in [-0.15, -0.1) is 0 Å². The maximum absolute atomic E-state index is 5.16. The zero-order valence-electron chi connectivity index (χ0n) is 22.6. The van der Waals surface area contributed by atoms with Gasteiger partial charge in [-0.3, -0.25) is 9.97 Å². The second kappa shape index (κ2) is 10.0. The first kappa shape index (κ1) is 24.1. The molecule has 8 rings (SSSR count). The van der Waals surface area contributed by atoms with E-state index in [2.05, 4.69) is 107 Å². The van der Waals surface area contributed by atoms with Crippen molar-refractivity contribution in [1.82, 2.24) is 19.9 Å². The summed E-state index contributed by atoms with van der Waals surface area (Å²) >= 11 is 0. The highest BCUT2D eigenvalue weighted by atomic mass is 14.8. The largest absolute Gasteiger partial charge is 0.255 e. The second-order valence-electron chi connectivity index (χ2n) is 10.3. The highest BCUT2D eigenvalue weighted by molar-refractivity contribution is 6.22. The van der Waals surface area contributed by atoms with Crippen molar-refractivity contribution in [2.45, 2.75) is 0 Å². The Balaban J connectivity index is 1.28. The molecule has 8 aromatic rings. The van der Waals surface area contributed by atoms with Crippen molar-refractivity contribution in [1.29, 1.82) is 0 Å². The molecule has 196 valence electrons. The van der Waals surface area contributed by atoms with E-state index in [1.165, 1.54) is 21.5 Å². The molecular weight excluding hydrogens is 512 g/mol. The predicted molar refractivity (Wildman–Crippen MR) is 172 cm³/mol. The quantitative estimate of drug-likeness (QED) is 0.210. The van der Waals surface area contributed by atoms with Gasteiger partial charge in [0.1, 0.15) is 0 Å². The van der Waals surface area contributed by atoms with E-state index in [-0.39, 0.29) is 0 Å². The smallest absolute Gasteiger partial charge is 0.0900 e. The molecule has 0 saturated carbocycles. The summed E-state index contributed by atoms with van der Waals surface area (Å²) in [7, 11) is 0. The van der Waals surface area contributed by atoms with Crippen molar-refractivity contribution in [3.63, 3.8) is 0 Å². The van der Waals surface area contributed by atoms with Crippen LogP contribution in [0.1, 0.15) is 0 Å². The summed E-state index contributed by atoms with van der Waals surface area (Å²) in [6, 6.07) is 46.0. The lowest BCUT2D eigenvalue weighted by molar-refractivity contribution is 1.22. The van der Waals surface area contributed by atoms with E-state index in [4.69, 9.17) is 9.97 Å². The van der Waals surface area contributed by atoms with E-state index in [9.17, 15) is 0 Å². The van der Waals surface area contributed by atoms with Crippen LogP contribution in [0, 0.1) is 0 Å². The van der Waals surface area contributed by atoms with E-state index in [0.717, 1.165) is 56.1 Å². The van der Waals surface area contributed by atoms with Crippen LogP contribution in [0.4, 0.5) is 0 Å². The fourth-order valence-corrected chi connectivity index (χ4v) is 5.75. The number of aromatic nitrogens is 4. The standard InChI is InChI=1S/C38H24N4/c1-2-10-29-26(9-1)19-20-31-37(29)30-11-3-4-12-32(30)42-38(31)27-17-15-25(16-18-27)28-23-35(33-13-5-7-21-39-33)41-36(24-28)34-14-6-8-22-40-34/h1-24H. The molecule has 0 bridgehead atoms. The van der Waals surface area contributed by atoms with E-state index in [0.29, 0.717) is 0 Å². The van der Waals surface area contributed by atoms with Gasteiger partial charge in [0.05, 0.1) is 34.0 Å². The average molecular weight is 537 g/mol. The van der Waals surface area contributed by atoms with E-state index in [1.54, 1.807) is 12.4 Å². The van der Waals surface area contributed by atoms with Gasteiger partial charge in [-0.05, 0) is 64.4 Å². The number of nitrogens with zero attached hydrogens (tertiary/aromatic N) is 4. The summed E-state index contributed by atoms with van der Waals surface area (Å²) in [5, 5.41) is 6.04. The number of hydrogen-bond acceptors (Lipinski definition) is 4. The molecule has 4 nitrogen and oxygen atoms in total. The van der Waals surface area contributed by atoms with Gasteiger partial charge in [-0.2, -0.15) is 0 Å². The number of fused-ring (bicyclic) bond motifs is 5. The molecule has 0 aliphatic rings. The van der Waals surface area contributed by atoms with Crippen molar-refractivity contribution in [2.75, 3.05) is 0 Å². The molecule has 0 aliphatic carbocycles. The monoisotopic (exact) mass is 536 g/mol. The fourth-order valence-electron chi connectivity index (χ4n) is 5.75. The molecule has 4 aromatic heterocycles. The van der Waals surface area contributed by atoms with Crippen LogP contribution in [0.5, 0.6) is 0 Å². The minimum absolute atomic E-state index is 0.812. The molecule has 4 heterocycles. The Kier molecular flexibility index (Phi) is 5.75. The Morgan fingerprint density at radius 2 is 1.00 bits per heavy atom. The topological polar surface area (TPSA) is 51.6 Å². The Labute approximate surface area is 243 Å². The van der Waals surface area contributed by atoms with Crippen LogP contribution in [-0.4, -0.2) is 19.9 Å². The molecule has 0 unspecified atom stereocenters. The number of rotatable bonds is 4. The Hall–Kier alpha value is -5.74. The van der Waals surface area contributed by atoms with Crippen molar-refractivity contribution < 1.29 is 0 Å². The highest BCUT2D eigenvalue weighted by Gasteiger charge is 2.14. The summed E-state index contributed by atoms with van der Waals surface area (Å²) in [4.78, 5) is 19.2. The molecular formula is C38H24N4. The van der Waals surface area contributed by atoms with Gasteiger partial charge in [0.15, 0.2) is 0 Å². The third-order valence-electron chi connectivity index (χ3n) is 7.76. The van der Waals surface area contributed by atoms with Crippen LogP contribution < -0.4 is 0 Å². The lowest BCUT2D eigenvalue weighted by Gasteiger charge is -2.13. The van der Waals surface area contributed by atoms with Crippen molar-refractivity contribution in [2.24, 2.45) is 0 Å². The van der Waals surface area contributed by atoms with Gasteiger partial charge in [0, 0.05) is 34.1 Å². The summed E-state index contributed by atoms with van der Waals surface area (Å²) in [6.45, 7) is 0. The number of hydrogen-bond donors (Lipinski definition) is 0. The van der Waals surface area contributed by atoms with Crippen molar-refractivity contribution in [3.05, 3.63) is 146 Å². The zero-order valence-corrected chi connectivity index (χ0v) is 22.6. The molecule has 0 atom stereocenters. The molecule has 0 N–H and O–H groups in total. The first-order valence-corrected chi connectivity index (χ1v) is 14.0. The van der Waals surface area contributed by atoms with Gasteiger partial charge in [0.25, 0.3) is 0 Å². The maximum Gasteiger partial charge on any atom is 0.0900 e. The number of pyridine rings is 4. The van der Waals surface area contributed by atoms with Crippen LogP contribution in [0.25, 0.3) is 77.6 Å². The second-order valence-corrected chi connectivity index (χ2v) is 10.3. The minimum atomic E-state index is 0.812. The van der Waals surface area contributed by atoms with Gasteiger partial charge in [0.2, 0.25) is 0 Å². The van der Waals surface area contributed by atoms with E-state index < -0.39 is 0 Å². The van der Waals surface area contributed by atoms with Crippen LogP contribution in [0.2, 0.25) is 0 Å². The Morgan fingerprint density at radius 3 is 1.69 bits per heavy atom. The Bertz CT molecular complexity index is 2150. The molecule has 0 spiro atoms. The first-order valence-electron chi connectivity index (χ1n) is 14.0. The molecule has 42 heavy (non-hydrogen) atoms. The minimum Gasteiger partial charge on any atom is -0.255 e. The predicted octanol–water partition coefficient (Wildman–Crippen LogP) is 9.39. The van der Waals surface area contributed by atoms with Crippen LogP contribution in [-0.2, 0) is 0 Å². The van der Waals surface area contributed by atoms with Crippen LogP contribution >= 0.6 is 0 Å². The number of benzene rings is 4. The third-order valence-corrected chi connectivity index (χ3v) is 7.76. The summed E-state index contributed by atoms with van der Waals surface area (Å²) in [5.41, 5.74) is 8.48. The molecule has 0 radical (unpaired) electrons. The average Bonchev–Trinajstić information content (AvgIpc) is 3.08. The van der Waals surface area contributed by atoms with Crippen LogP contribution in [0.3, 0.4) is 0 Å². The molecule has 0 aliphatic heterocycles. The fraction of sp³-hybridized carbons (Fsp3) is 0. The molecule has 0 fully saturated rings. The number of para-hydroxylation sites is 1. The SMILES string of the molecule is c1ccc(-c2cc(-c3ccc(-c4nc5ccccc5c5c4ccc4ccccc45)cc3)cc(-c3ccccn3)n2)nc1. The van der Waals surface area contributed by atoms with Crippen molar-refractivity contribution >= 4 is 32.4 Å². The summed E-state index contributed by atoms with van der Waals surface area (Å²) < 4.78 is 0. The van der Waals surface area contributed by atoms with Crippen LogP contribution in [0.15, 0.2) is 146 Å². The molecule has 4 heteroatoms. The summed E-state index contributed by atoms with van der Waals surface area (Å²) in [6.07, 6.45) is 3.59. The van der Waals surface area contributed by atoms with Gasteiger partial charge < -0.3 is 0 Å². The highest BCUT2D eigenvalue weighted by Crippen LogP contribution is 2.38. The normalized spacial score (nSPS) is 11.3. The van der Waals surface area contributed by atoms with E-state index >= 15 is 0 Å². The molecule has 0 amide bonds. The first-order chi connectivity index (χ1) is 20.8. The van der Waals surface area contributed by atoms with Gasteiger partial charge in [-0.1, -0.05) is 91.0 Å². The van der Waals surface area contributed by atoms with Gasteiger partial charge >= 0.3 is 0 Å². The maximum atomic E-state index is 5.16. The van der Waals surface area contributed by atoms with E-state index in [1.807, 2.05) is 36.4 Å². The van der Waals surface area contributed by atoms with Crippen molar-refractivity contribution in [3.8, 4) is 45.2 Å². The lowest BCUT2D eigenvalue weighted by Crippen LogP contribution is -1.94. The Morgan fingerprint density at radius 1 is 0.381 bits per heavy atom. The third kappa shape index (κ3) is 4.18. The van der Waals surface area contributed by atoms with Gasteiger partial charge in [-0.25, -0.2) is 9.97 Å². The zero-order chi connectivity index (χ0) is 27.9.